The molecule has 0 aliphatic rings. The maximum atomic E-state index is 12.7. The average molecular weight is 388 g/mol. The van der Waals surface area contributed by atoms with Crippen molar-refractivity contribution in [1.82, 2.24) is 29.9 Å². The molecule has 0 aliphatic heterocycles. The van der Waals surface area contributed by atoms with Gasteiger partial charge >= 0.3 is 0 Å². The molecule has 0 unspecified atom stereocenters. The fourth-order valence-corrected chi connectivity index (χ4v) is 2.99. The van der Waals surface area contributed by atoms with Crippen LogP contribution >= 0.6 is 0 Å². The zero-order valence-electron chi connectivity index (χ0n) is 16.2. The number of nitrogens with one attached hydrogen (secondary N) is 1. The minimum atomic E-state index is -0.403. The van der Waals surface area contributed by atoms with Gasteiger partial charge in [-0.3, -0.25) is 14.2 Å². The molecule has 0 bridgehead atoms. The number of benzene rings is 2. The van der Waals surface area contributed by atoms with Gasteiger partial charge in [0.2, 0.25) is 5.91 Å². The minimum absolute atomic E-state index is 0.126. The standard InChI is InChI=1S/C21H20N6O2/c1-14-8-9-17(10-15(14)2)27-20-19(24-25-27)21(29)26(13-23-20)12-18(28)22-11-16-6-4-3-5-7-16/h3-10,13H,11-12H2,1-2H3,(H,22,28). The highest BCUT2D eigenvalue weighted by atomic mass is 16.2. The number of amides is 1. The predicted molar refractivity (Wildman–Crippen MR) is 109 cm³/mol. The van der Waals surface area contributed by atoms with Gasteiger partial charge in [0.05, 0.1) is 5.69 Å². The van der Waals surface area contributed by atoms with Crippen LogP contribution in [-0.4, -0.2) is 30.5 Å². The highest BCUT2D eigenvalue weighted by Gasteiger charge is 2.15. The van der Waals surface area contributed by atoms with Crippen LogP contribution in [0.15, 0.2) is 59.7 Å². The second kappa shape index (κ2) is 7.67. The van der Waals surface area contributed by atoms with Gasteiger partial charge in [0.15, 0.2) is 11.2 Å². The molecule has 0 aliphatic carbocycles. The Morgan fingerprint density at radius 1 is 1.07 bits per heavy atom. The van der Waals surface area contributed by atoms with E-state index in [4.69, 9.17) is 0 Å². The van der Waals surface area contributed by atoms with Crippen molar-refractivity contribution < 1.29 is 4.79 Å². The van der Waals surface area contributed by atoms with Crippen molar-refractivity contribution in [3.63, 3.8) is 0 Å². The first-order valence-electron chi connectivity index (χ1n) is 9.22. The first kappa shape index (κ1) is 18.5. The molecule has 0 spiro atoms. The molecule has 2 heterocycles. The van der Waals surface area contributed by atoms with E-state index in [0.29, 0.717) is 12.2 Å². The van der Waals surface area contributed by atoms with Crippen LogP contribution in [0.5, 0.6) is 0 Å². The molecular weight excluding hydrogens is 368 g/mol. The third-order valence-electron chi connectivity index (χ3n) is 4.81. The Kier molecular flexibility index (Phi) is 4.90. The van der Waals surface area contributed by atoms with Crippen LogP contribution in [0, 0.1) is 13.8 Å². The summed E-state index contributed by atoms with van der Waals surface area (Å²) in [6.45, 7) is 4.29. The number of hydrogen-bond acceptors (Lipinski definition) is 5. The Hall–Kier alpha value is -3.81. The minimum Gasteiger partial charge on any atom is -0.350 e. The maximum Gasteiger partial charge on any atom is 0.284 e. The third-order valence-corrected chi connectivity index (χ3v) is 4.81. The molecule has 4 aromatic rings. The summed E-state index contributed by atoms with van der Waals surface area (Å²) in [5.41, 5.74) is 4.12. The molecule has 0 saturated carbocycles. The largest absolute Gasteiger partial charge is 0.350 e. The normalized spacial score (nSPS) is 11.0. The van der Waals surface area contributed by atoms with Crippen molar-refractivity contribution in [1.29, 1.82) is 0 Å². The number of rotatable bonds is 5. The van der Waals surface area contributed by atoms with Crippen molar-refractivity contribution in [2.45, 2.75) is 26.9 Å². The molecular formula is C21H20N6O2. The van der Waals surface area contributed by atoms with E-state index in [-0.39, 0.29) is 18.0 Å². The maximum absolute atomic E-state index is 12.7. The zero-order valence-corrected chi connectivity index (χ0v) is 16.2. The molecule has 1 amide bonds. The van der Waals surface area contributed by atoms with Crippen LogP contribution in [0.3, 0.4) is 0 Å². The SMILES string of the molecule is Cc1ccc(-n2nnc3c(=O)n(CC(=O)NCc4ccccc4)cnc32)cc1C. The summed E-state index contributed by atoms with van der Waals surface area (Å²) < 4.78 is 2.77. The van der Waals surface area contributed by atoms with Gasteiger partial charge in [0.1, 0.15) is 12.9 Å². The summed E-state index contributed by atoms with van der Waals surface area (Å²) in [6.07, 6.45) is 1.35. The van der Waals surface area contributed by atoms with E-state index in [0.717, 1.165) is 22.4 Å². The van der Waals surface area contributed by atoms with Gasteiger partial charge in [0.25, 0.3) is 5.56 Å². The molecule has 8 nitrogen and oxygen atoms in total. The van der Waals surface area contributed by atoms with Crippen molar-refractivity contribution >= 4 is 17.1 Å². The molecule has 2 aromatic heterocycles. The summed E-state index contributed by atoms with van der Waals surface area (Å²) in [5.74, 6) is -0.279. The number of fused-ring (bicyclic) bond motifs is 1. The first-order chi connectivity index (χ1) is 14.0. The smallest absolute Gasteiger partial charge is 0.284 e. The number of aromatic nitrogens is 5. The van der Waals surface area contributed by atoms with E-state index in [1.165, 1.54) is 15.6 Å². The van der Waals surface area contributed by atoms with Gasteiger partial charge in [-0.1, -0.05) is 41.6 Å². The Labute approximate surface area is 166 Å². The van der Waals surface area contributed by atoms with Crippen LogP contribution in [0.25, 0.3) is 16.9 Å². The molecule has 146 valence electrons. The van der Waals surface area contributed by atoms with E-state index in [1.807, 2.05) is 62.4 Å². The highest BCUT2D eigenvalue weighted by molar-refractivity contribution is 5.76. The summed E-state index contributed by atoms with van der Waals surface area (Å²) in [4.78, 5) is 29.3. The van der Waals surface area contributed by atoms with Crippen molar-refractivity contribution in [3.05, 3.63) is 81.9 Å². The zero-order chi connectivity index (χ0) is 20.4. The molecule has 29 heavy (non-hydrogen) atoms. The van der Waals surface area contributed by atoms with Crippen LogP contribution < -0.4 is 10.9 Å². The summed E-state index contributed by atoms with van der Waals surface area (Å²) in [5, 5.41) is 10.9. The van der Waals surface area contributed by atoms with Gasteiger partial charge in [-0.05, 0) is 42.7 Å². The third kappa shape index (κ3) is 3.77. The van der Waals surface area contributed by atoms with Crippen molar-refractivity contribution in [2.75, 3.05) is 0 Å². The molecule has 0 fully saturated rings. The van der Waals surface area contributed by atoms with E-state index >= 15 is 0 Å². The summed E-state index contributed by atoms with van der Waals surface area (Å²) >= 11 is 0. The fraction of sp³-hybridized carbons (Fsp3) is 0.190. The van der Waals surface area contributed by atoms with Crippen molar-refractivity contribution in [2.24, 2.45) is 0 Å². The Balaban J connectivity index is 1.56. The number of aryl methyl sites for hydroxylation is 2. The van der Waals surface area contributed by atoms with E-state index in [9.17, 15) is 9.59 Å². The van der Waals surface area contributed by atoms with E-state index in [1.54, 1.807) is 0 Å². The number of hydrogen-bond donors (Lipinski definition) is 1. The van der Waals surface area contributed by atoms with Gasteiger partial charge in [-0.15, -0.1) is 5.10 Å². The van der Waals surface area contributed by atoms with Crippen molar-refractivity contribution in [3.8, 4) is 5.69 Å². The monoisotopic (exact) mass is 388 g/mol. The lowest BCUT2D eigenvalue weighted by atomic mass is 10.1. The lowest BCUT2D eigenvalue weighted by Crippen LogP contribution is -2.32. The van der Waals surface area contributed by atoms with Gasteiger partial charge in [-0.25, -0.2) is 4.98 Å². The molecule has 2 aromatic carbocycles. The van der Waals surface area contributed by atoms with Crippen LogP contribution in [0.4, 0.5) is 0 Å². The molecule has 0 radical (unpaired) electrons. The number of carbonyl (C=O) groups excluding carboxylic acids is 1. The molecule has 8 heteroatoms. The predicted octanol–water partition coefficient (Wildman–Crippen LogP) is 1.91. The van der Waals surface area contributed by atoms with Crippen LogP contribution in [0.2, 0.25) is 0 Å². The average Bonchev–Trinajstić information content (AvgIpc) is 3.16. The second-order valence-corrected chi connectivity index (χ2v) is 6.88. The first-order valence-corrected chi connectivity index (χ1v) is 9.22. The van der Waals surface area contributed by atoms with Gasteiger partial charge in [-0.2, -0.15) is 4.68 Å². The lowest BCUT2D eigenvalue weighted by molar-refractivity contribution is -0.121. The summed E-state index contributed by atoms with van der Waals surface area (Å²) in [7, 11) is 0. The van der Waals surface area contributed by atoms with Crippen LogP contribution in [0.1, 0.15) is 16.7 Å². The molecule has 0 saturated heterocycles. The number of carbonyl (C=O) groups is 1. The summed E-state index contributed by atoms with van der Waals surface area (Å²) in [6, 6.07) is 15.4. The Morgan fingerprint density at radius 3 is 2.62 bits per heavy atom. The topological polar surface area (TPSA) is 94.7 Å². The quantitative estimate of drug-likeness (QED) is 0.564. The number of nitrogens with zero attached hydrogens (tertiary/aromatic N) is 5. The molecule has 1 N–H and O–H groups in total. The molecule has 4 rings (SSSR count). The Morgan fingerprint density at radius 2 is 1.86 bits per heavy atom. The van der Waals surface area contributed by atoms with E-state index < -0.39 is 5.56 Å². The lowest BCUT2D eigenvalue weighted by Gasteiger charge is -2.08. The Bertz CT molecular complexity index is 1240. The molecule has 0 atom stereocenters. The van der Waals surface area contributed by atoms with Gasteiger partial charge in [0, 0.05) is 6.54 Å². The fourth-order valence-electron chi connectivity index (χ4n) is 2.99. The van der Waals surface area contributed by atoms with Gasteiger partial charge < -0.3 is 5.32 Å². The highest BCUT2D eigenvalue weighted by Crippen LogP contribution is 2.16. The second-order valence-electron chi connectivity index (χ2n) is 6.88. The van der Waals surface area contributed by atoms with E-state index in [2.05, 4.69) is 20.6 Å². The van der Waals surface area contributed by atoms with Crippen LogP contribution in [-0.2, 0) is 17.9 Å².